The van der Waals surface area contributed by atoms with E-state index in [1.54, 1.807) is 6.07 Å². The van der Waals surface area contributed by atoms with Crippen LogP contribution >= 0.6 is 0 Å². The molecule has 3 heteroatoms. The summed E-state index contributed by atoms with van der Waals surface area (Å²) in [7, 11) is 0. The molecule has 0 radical (unpaired) electrons. The fraction of sp³-hybridized carbons (Fsp3) is 0.538. The van der Waals surface area contributed by atoms with Gasteiger partial charge in [0.2, 0.25) is 0 Å². The number of hydrogen-bond acceptors (Lipinski definition) is 2. The van der Waals surface area contributed by atoms with Crippen LogP contribution in [0.15, 0.2) is 24.3 Å². The summed E-state index contributed by atoms with van der Waals surface area (Å²) in [6.07, 6.45) is -0.120. The summed E-state index contributed by atoms with van der Waals surface area (Å²) in [5.41, 5.74) is 6.46. The van der Waals surface area contributed by atoms with Gasteiger partial charge in [0, 0.05) is 6.54 Å². The number of hydrogen-bond donors (Lipinski definition) is 1. The van der Waals surface area contributed by atoms with Gasteiger partial charge in [0.1, 0.15) is 5.82 Å². The van der Waals surface area contributed by atoms with Crippen molar-refractivity contribution in [2.75, 3.05) is 6.54 Å². The Bertz CT molecular complexity index is 327. The Balaban J connectivity index is 2.74. The highest BCUT2D eigenvalue weighted by molar-refractivity contribution is 5.19. The highest BCUT2D eigenvalue weighted by atomic mass is 19.1. The standard InChI is InChI=1S/C13H20FNO/c1-9(2)10(3)16-13(8-15)11-5-4-6-12(14)7-11/h4-7,9-10,13H,8,15H2,1-3H3. The van der Waals surface area contributed by atoms with Gasteiger partial charge in [-0.25, -0.2) is 4.39 Å². The summed E-state index contributed by atoms with van der Waals surface area (Å²) in [5.74, 6) is 0.166. The topological polar surface area (TPSA) is 35.2 Å². The molecule has 2 nitrogen and oxygen atoms in total. The van der Waals surface area contributed by atoms with Crippen LogP contribution in [0, 0.1) is 11.7 Å². The molecule has 0 heterocycles. The lowest BCUT2D eigenvalue weighted by Gasteiger charge is -2.24. The molecular formula is C13H20FNO. The summed E-state index contributed by atoms with van der Waals surface area (Å²) >= 11 is 0. The minimum atomic E-state index is -0.253. The first-order valence-electron chi connectivity index (χ1n) is 5.65. The molecule has 0 aliphatic heterocycles. The van der Waals surface area contributed by atoms with Gasteiger partial charge in [0.15, 0.2) is 0 Å². The maximum absolute atomic E-state index is 13.1. The lowest BCUT2D eigenvalue weighted by Crippen LogP contribution is -2.24. The van der Waals surface area contributed by atoms with Crippen LogP contribution in [0.2, 0.25) is 0 Å². The van der Waals surface area contributed by atoms with E-state index in [-0.39, 0.29) is 18.0 Å². The van der Waals surface area contributed by atoms with Gasteiger partial charge < -0.3 is 10.5 Å². The zero-order valence-electron chi connectivity index (χ0n) is 10.1. The maximum atomic E-state index is 13.1. The molecule has 1 aromatic rings. The molecule has 2 unspecified atom stereocenters. The predicted octanol–water partition coefficient (Wildman–Crippen LogP) is 2.89. The first-order valence-corrected chi connectivity index (χ1v) is 5.65. The Morgan fingerprint density at radius 3 is 2.50 bits per heavy atom. The van der Waals surface area contributed by atoms with E-state index < -0.39 is 0 Å². The number of halogens is 1. The van der Waals surface area contributed by atoms with E-state index in [4.69, 9.17) is 10.5 Å². The molecule has 2 atom stereocenters. The van der Waals surface area contributed by atoms with Gasteiger partial charge in [-0.1, -0.05) is 26.0 Å². The van der Waals surface area contributed by atoms with Crippen LogP contribution in [0.5, 0.6) is 0 Å². The first-order chi connectivity index (χ1) is 7.54. The fourth-order valence-electron chi connectivity index (χ4n) is 1.39. The van der Waals surface area contributed by atoms with Crippen molar-refractivity contribution in [2.24, 2.45) is 11.7 Å². The molecule has 1 rings (SSSR count). The predicted molar refractivity (Wildman–Crippen MR) is 63.6 cm³/mol. The molecule has 16 heavy (non-hydrogen) atoms. The van der Waals surface area contributed by atoms with Crippen LogP contribution in [0.25, 0.3) is 0 Å². The van der Waals surface area contributed by atoms with Crippen LogP contribution in [-0.4, -0.2) is 12.6 Å². The fourth-order valence-corrected chi connectivity index (χ4v) is 1.39. The van der Waals surface area contributed by atoms with Crippen molar-refractivity contribution in [3.63, 3.8) is 0 Å². The van der Waals surface area contributed by atoms with Crippen LogP contribution in [0.1, 0.15) is 32.4 Å². The van der Waals surface area contributed by atoms with E-state index in [9.17, 15) is 4.39 Å². The lowest BCUT2D eigenvalue weighted by molar-refractivity contribution is -0.0222. The van der Waals surface area contributed by atoms with E-state index >= 15 is 0 Å². The van der Waals surface area contributed by atoms with Gasteiger partial charge in [0.25, 0.3) is 0 Å². The second-order valence-corrected chi connectivity index (χ2v) is 4.36. The molecule has 2 N–H and O–H groups in total. The maximum Gasteiger partial charge on any atom is 0.123 e. The molecular weight excluding hydrogens is 205 g/mol. The Labute approximate surface area is 96.6 Å². The van der Waals surface area contributed by atoms with Crippen molar-refractivity contribution in [2.45, 2.75) is 33.0 Å². The summed E-state index contributed by atoms with van der Waals surface area (Å²) in [4.78, 5) is 0. The molecule has 0 aliphatic rings. The molecule has 0 aliphatic carbocycles. The third-order valence-corrected chi connectivity index (χ3v) is 2.75. The normalized spacial score (nSPS) is 15.1. The number of rotatable bonds is 5. The number of ether oxygens (including phenoxy) is 1. The van der Waals surface area contributed by atoms with E-state index in [1.807, 2.05) is 13.0 Å². The SMILES string of the molecule is CC(C)C(C)OC(CN)c1cccc(F)c1. The van der Waals surface area contributed by atoms with Crippen molar-refractivity contribution in [3.05, 3.63) is 35.6 Å². The molecule has 0 bridgehead atoms. The highest BCUT2D eigenvalue weighted by Gasteiger charge is 2.16. The van der Waals surface area contributed by atoms with Gasteiger partial charge in [-0.3, -0.25) is 0 Å². The molecule has 0 saturated heterocycles. The average Bonchev–Trinajstić information content (AvgIpc) is 2.25. The summed E-state index contributed by atoms with van der Waals surface area (Å²) in [6, 6.07) is 6.41. The Morgan fingerprint density at radius 2 is 2.00 bits per heavy atom. The van der Waals surface area contributed by atoms with Crippen molar-refractivity contribution in [1.82, 2.24) is 0 Å². The number of nitrogens with two attached hydrogens (primary N) is 1. The quantitative estimate of drug-likeness (QED) is 0.836. The Hall–Kier alpha value is -0.930. The summed E-state index contributed by atoms with van der Waals surface area (Å²) < 4.78 is 18.9. The molecule has 0 fully saturated rings. The van der Waals surface area contributed by atoms with Crippen molar-refractivity contribution in [1.29, 1.82) is 0 Å². The molecule has 0 amide bonds. The lowest BCUT2D eigenvalue weighted by atomic mass is 10.1. The van der Waals surface area contributed by atoms with Gasteiger partial charge in [-0.05, 0) is 30.5 Å². The van der Waals surface area contributed by atoms with Crippen molar-refractivity contribution < 1.29 is 9.13 Å². The van der Waals surface area contributed by atoms with E-state index in [0.29, 0.717) is 12.5 Å². The summed E-state index contributed by atoms with van der Waals surface area (Å²) in [5, 5.41) is 0. The highest BCUT2D eigenvalue weighted by Crippen LogP contribution is 2.21. The van der Waals surface area contributed by atoms with Gasteiger partial charge in [-0.15, -0.1) is 0 Å². The van der Waals surface area contributed by atoms with E-state index in [1.165, 1.54) is 12.1 Å². The molecule has 90 valence electrons. The third-order valence-electron chi connectivity index (χ3n) is 2.75. The molecule has 0 spiro atoms. The molecule has 0 aromatic heterocycles. The second-order valence-electron chi connectivity index (χ2n) is 4.36. The minimum absolute atomic E-state index is 0.108. The van der Waals surface area contributed by atoms with Gasteiger partial charge in [-0.2, -0.15) is 0 Å². The van der Waals surface area contributed by atoms with Gasteiger partial charge >= 0.3 is 0 Å². The Morgan fingerprint density at radius 1 is 1.31 bits per heavy atom. The smallest absolute Gasteiger partial charge is 0.123 e. The van der Waals surface area contributed by atoms with E-state index in [0.717, 1.165) is 5.56 Å². The van der Waals surface area contributed by atoms with Gasteiger partial charge in [0.05, 0.1) is 12.2 Å². The van der Waals surface area contributed by atoms with Crippen LogP contribution in [-0.2, 0) is 4.74 Å². The third kappa shape index (κ3) is 3.58. The van der Waals surface area contributed by atoms with Crippen LogP contribution in [0.4, 0.5) is 4.39 Å². The number of benzene rings is 1. The first kappa shape index (κ1) is 13.1. The largest absolute Gasteiger partial charge is 0.369 e. The zero-order valence-corrected chi connectivity index (χ0v) is 10.1. The van der Waals surface area contributed by atoms with Crippen molar-refractivity contribution in [3.8, 4) is 0 Å². The molecule has 1 aromatic carbocycles. The molecule has 0 saturated carbocycles. The summed E-state index contributed by atoms with van der Waals surface area (Å²) in [6.45, 7) is 6.54. The second kappa shape index (κ2) is 5.97. The zero-order chi connectivity index (χ0) is 12.1. The monoisotopic (exact) mass is 225 g/mol. The Kier molecular flexibility index (Phi) is 4.90. The van der Waals surface area contributed by atoms with Crippen LogP contribution < -0.4 is 5.73 Å². The van der Waals surface area contributed by atoms with E-state index in [2.05, 4.69) is 13.8 Å². The average molecular weight is 225 g/mol. The minimum Gasteiger partial charge on any atom is -0.369 e. The van der Waals surface area contributed by atoms with Crippen molar-refractivity contribution >= 4 is 0 Å². The van der Waals surface area contributed by atoms with Crippen LogP contribution in [0.3, 0.4) is 0 Å².